The first-order chi connectivity index (χ1) is 14.1. The number of fused-ring (bicyclic) bond motifs is 1. The second-order valence-corrected chi connectivity index (χ2v) is 6.48. The van der Waals surface area contributed by atoms with Crippen molar-refractivity contribution < 1.29 is 23.9 Å². The smallest absolute Gasteiger partial charge is 0.327 e. The molecule has 29 heavy (non-hydrogen) atoms. The van der Waals surface area contributed by atoms with Crippen molar-refractivity contribution in [3.8, 4) is 5.75 Å². The first-order valence-electron chi connectivity index (χ1n) is 9.49. The molecule has 1 aromatic heterocycles. The number of amides is 2. The summed E-state index contributed by atoms with van der Waals surface area (Å²) in [7, 11) is 0. The molecule has 0 atom stereocenters. The van der Waals surface area contributed by atoms with Crippen LogP contribution in [0.5, 0.6) is 5.75 Å². The SMILES string of the molecule is CCOC(=O)CCC(=O)Cc1cnc2c(c1)OCCN2C(=O)Nc1ccccc1. The van der Waals surface area contributed by atoms with Crippen LogP contribution in [0.1, 0.15) is 25.3 Å². The van der Waals surface area contributed by atoms with Gasteiger partial charge in [-0.15, -0.1) is 0 Å². The van der Waals surface area contributed by atoms with E-state index < -0.39 is 0 Å². The number of nitrogens with one attached hydrogen (secondary N) is 1. The van der Waals surface area contributed by atoms with Gasteiger partial charge in [0.2, 0.25) is 0 Å². The fourth-order valence-electron chi connectivity index (χ4n) is 2.94. The Morgan fingerprint density at radius 2 is 2.00 bits per heavy atom. The van der Waals surface area contributed by atoms with E-state index in [0.717, 1.165) is 0 Å². The molecule has 1 aliphatic heterocycles. The lowest BCUT2D eigenvalue weighted by atomic mass is 10.1. The first-order valence-corrected chi connectivity index (χ1v) is 9.49. The van der Waals surface area contributed by atoms with E-state index in [9.17, 15) is 14.4 Å². The molecule has 8 nitrogen and oxygen atoms in total. The second-order valence-electron chi connectivity index (χ2n) is 6.48. The molecule has 1 aliphatic rings. The molecule has 0 bridgehead atoms. The van der Waals surface area contributed by atoms with Crippen molar-refractivity contribution in [2.24, 2.45) is 0 Å². The number of nitrogens with zero attached hydrogens (tertiary/aromatic N) is 2. The average Bonchev–Trinajstić information content (AvgIpc) is 2.72. The number of Topliss-reactive ketones (excluding diaryl/α,β-unsaturated/α-hetero) is 1. The molecule has 3 rings (SSSR count). The molecule has 1 aromatic carbocycles. The maximum Gasteiger partial charge on any atom is 0.327 e. The number of anilines is 2. The maximum atomic E-state index is 12.6. The zero-order valence-electron chi connectivity index (χ0n) is 16.2. The van der Waals surface area contributed by atoms with Crippen molar-refractivity contribution >= 4 is 29.3 Å². The third-order valence-electron chi connectivity index (χ3n) is 4.30. The second kappa shape index (κ2) is 9.68. The van der Waals surface area contributed by atoms with Gasteiger partial charge < -0.3 is 14.8 Å². The molecule has 0 saturated heterocycles. The Hall–Kier alpha value is -3.42. The monoisotopic (exact) mass is 397 g/mol. The highest BCUT2D eigenvalue weighted by atomic mass is 16.5. The molecule has 0 unspecified atom stereocenters. The van der Waals surface area contributed by atoms with Gasteiger partial charge in [-0.3, -0.25) is 14.5 Å². The number of hydrogen-bond acceptors (Lipinski definition) is 6. The van der Waals surface area contributed by atoms with Crippen LogP contribution in [0.2, 0.25) is 0 Å². The van der Waals surface area contributed by atoms with E-state index in [1.54, 1.807) is 31.3 Å². The quantitative estimate of drug-likeness (QED) is 0.722. The van der Waals surface area contributed by atoms with Crippen molar-refractivity contribution in [1.82, 2.24) is 4.98 Å². The van der Waals surface area contributed by atoms with Crippen LogP contribution in [-0.2, 0) is 20.7 Å². The van der Waals surface area contributed by atoms with Gasteiger partial charge in [0, 0.05) is 24.7 Å². The minimum atomic E-state index is -0.382. The Labute approximate surface area is 168 Å². The van der Waals surface area contributed by atoms with Crippen LogP contribution in [0.3, 0.4) is 0 Å². The Morgan fingerprint density at radius 3 is 2.76 bits per heavy atom. The zero-order chi connectivity index (χ0) is 20.6. The van der Waals surface area contributed by atoms with E-state index >= 15 is 0 Å². The number of para-hydroxylation sites is 1. The van der Waals surface area contributed by atoms with Crippen LogP contribution in [-0.4, -0.2) is 42.5 Å². The molecule has 1 N–H and O–H groups in total. The summed E-state index contributed by atoms with van der Waals surface area (Å²) in [6.07, 6.45) is 1.87. The van der Waals surface area contributed by atoms with Crippen LogP contribution in [0.4, 0.5) is 16.3 Å². The number of carbonyl (C=O) groups is 3. The number of hydrogen-bond donors (Lipinski definition) is 1. The topological polar surface area (TPSA) is 97.8 Å². The minimum absolute atomic E-state index is 0.0645. The number of pyridine rings is 1. The normalized spacial score (nSPS) is 12.5. The van der Waals surface area contributed by atoms with Gasteiger partial charge in [-0.2, -0.15) is 0 Å². The van der Waals surface area contributed by atoms with Crippen molar-refractivity contribution in [3.63, 3.8) is 0 Å². The standard InChI is InChI=1S/C21H23N3O5/c1-2-28-19(26)9-8-17(25)12-15-13-18-20(22-14-15)24(10-11-29-18)21(27)23-16-6-4-3-5-7-16/h3-7,13-14H,2,8-12H2,1H3,(H,23,27). The van der Waals surface area contributed by atoms with E-state index in [-0.39, 0.29) is 37.0 Å². The van der Waals surface area contributed by atoms with Gasteiger partial charge in [0.25, 0.3) is 0 Å². The minimum Gasteiger partial charge on any atom is -0.488 e. The Balaban J connectivity index is 1.63. The van der Waals surface area contributed by atoms with E-state index in [2.05, 4.69) is 10.3 Å². The molecular formula is C21H23N3O5. The van der Waals surface area contributed by atoms with E-state index in [4.69, 9.17) is 9.47 Å². The summed E-state index contributed by atoms with van der Waals surface area (Å²) in [4.78, 5) is 42.0. The van der Waals surface area contributed by atoms with Crippen LogP contribution < -0.4 is 15.0 Å². The molecule has 2 aromatic rings. The van der Waals surface area contributed by atoms with Gasteiger partial charge >= 0.3 is 12.0 Å². The lowest BCUT2D eigenvalue weighted by molar-refractivity contribution is -0.144. The molecule has 0 aliphatic carbocycles. The lowest BCUT2D eigenvalue weighted by Gasteiger charge is -2.28. The summed E-state index contributed by atoms with van der Waals surface area (Å²) in [5.74, 6) is 0.393. The molecule has 0 saturated carbocycles. The van der Waals surface area contributed by atoms with Crippen LogP contribution in [0, 0.1) is 0 Å². The summed E-state index contributed by atoms with van der Waals surface area (Å²) < 4.78 is 10.5. The molecule has 0 radical (unpaired) electrons. The van der Waals surface area contributed by atoms with Crippen LogP contribution >= 0.6 is 0 Å². The summed E-state index contributed by atoms with van der Waals surface area (Å²) in [5.41, 5.74) is 1.36. The highest BCUT2D eigenvalue weighted by molar-refractivity contribution is 6.02. The number of ketones is 1. The largest absolute Gasteiger partial charge is 0.488 e. The summed E-state index contributed by atoms with van der Waals surface area (Å²) in [6.45, 7) is 2.73. The molecule has 2 heterocycles. The number of rotatable bonds is 7. The highest BCUT2D eigenvalue weighted by Gasteiger charge is 2.26. The van der Waals surface area contributed by atoms with Crippen molar-refractivity contribution in [3.05, 3.63) is 48.2 Å². The third kappa shape index (κ3) is 5.54. The Morgan fingerprint density at radius 1 is 1.21 bits per heavy atom. The summed E-state index contributed by atoms with van der Waals surface area (Å²) in [6, 6.07) is 10.6. The molecule has 0 spiro atoms. The van der Waals surface area contributed by atoms with Crippen molar-refractivity contribution in [2.45, 2.75) is 26.2 Å². The van der Waals surface area contributed by atoms with Gasteiger partial charge in [-0.25, -0.2) is 9.78 Å². The maximum absolute atomic E-state index is 12.6. The van der Waals surface area contributed by atoms with Gasteiger partial charge in [-0.05, 0) is 30.7 Å². The number of aromatic nitrogens is 1. The molecule has 152 valence electrons. The Bertz CT molecular complexity index is 885. The average molecular weight is 397 g/mol. The zero-order valence-corrected chi connectivity index (χ0v) is 16.2. The predicted octanol–water partition coefficient (Wildman–Crippen LogP) is 2.97. The molecule has 8 heteroatoms. The lowest BCUT2D eigenvalue weighted by Crippen LogP contribution is -2.41. The van der Waals surface area contributed by atoms with Crippen molar-refractivity contribution in [1.29, 1.82) is 0 Å². The van der Waals surface area contributed by atoms with Crippen molar-refractivity contribution in [2.75, 3.05) is 30.0 Å². The van der Waals surface area contributed by atoms with E-state index in [0.29, 0.717) is 42.6 Å². The van der Waals surface area contributed by atoms with E-state index in [1.807, 2.05) is 18.2 Å². The number of benzene rings is 1. The fourth-order valence-corrected chi connectivity index (χ4v) is 2.94. The molecule has 2 amide bonds. The van der Waals surface area contributed by atoms with E-state index in [1.165, 1.54) is 4.90 Å². The fraction of sp³-hybridized carbons (Fsp3) is 0.333. The van der Waals surface area contributed by atoms with Gasteiger partial charge in [0.15, 0.2) is 11.6 Å². The number of ether oxygens (including phenoxy) is 2. The third-order valence-corrected chi connectivity index (χ3v) is 4.30. The Kier molecular flexibility index (Phi) is 6.78. The van der Waals surface area contributed by atoms with Gasteiger partial charge in [0.1, 0.15) is 12.4 Å². The van der Waals surface area contributed by atoms with Crippen LogP contribution in [0.15, 0.2) is 42.6 Å². The molecule has 0 fully saturated rings. The predicted molar refractivity (Wildman–Crippen MR) is 107 cm³/mol. The molecular weight excluding hydrogens is 374 g/mol. The first kappa shape index (κ1) is 20.3. The summed E-state index contributed by atoms with van der Waals surface area (Å²) in [5, 5.41) is 2.83. The van der Waals surface area contributed by atoms with Gasteiger partial charge in [-0.1, -0.05) is 18.2 Å². The van der Waals surface area contributed by atoms with Crippen LogP contribution in [0.25, 0.3) is 0 Å². The van der Waals surface area contributed by atoms with Gasteiger partial charge in [0.05, 0.1) is 19.6 Å². The summed E-state index contributed by atoms with van der Waals surface area (Å²) >= 11 is 0. The number of urea groups is 1. The highest BCUT2D eigenvalue weighted by Crippen LogP contribution is 2.30. The number of esters is 1. The number of carbonyl (C=O) groups excluding carboxylic acids is 3.